The summed E-state index contributed by atoms with van der Waals surface area (Å²) in [6.07, 6.45) is 6.63. The number of anilines is 6. The molecule has 72 heavy (non-hydrogen) atoms. The first kappa shape index (κ1) is 50.5. The maximum Gasteiger partial charge on any atom is 0.264 e. The first-order valence-corrected chi connectivity index (χ1v) is 28.2. The summed E-state index contributed by atoms with van der Waals surface area (Å²) in [6, 6.07) is 44.8. The Morgan fingerprint density at radius 1 is 0.431 bits per heavy atom. The average Bonchev–Trinajstić information content (AvgIpc) is 3.68. The van der Waals surface area contributed by atoms with E-state index in [1.54, 1.807) is 0 Å². The first-order chi connectivity index (χ1) is 33.5. The van der Waals surface area contributed by atoms with Crippen LogP contribution in [0.2, 0.25) is 0 Å². The molecule has 0 bridgehead atoms. The first-order valence-electron chi connectivity index (χ1n) is 27.4. The van der Waals surface area contributed by atoms with Gasteiger partial charge in [0.2, 0.25) is 0 Å². The number of hydrogen-bond acceptors (Lipinski definition) is 3. The highest BCUT2D eigenvalue weighted by Crippen LogP contribution is 2.52. The lowest BCUT2D eigenvalue weighted by molar-refractivity contribution is 0.443. The van der Waals surface area contributed by atoms with E-state index in [1.807, 2.05) is 11.3 Å². The van der Waals surface area contributed by atoms with E-state index in [0.29, 0.717) is 5.92 Å². The van der Waals surface area contributed by atoms with Crippen molar-refractivity contribution in [3.05, 3.63) is 148 Å². The third-order valence-corrected chi connectivity index (χ3v) is 17.8. The molecule has 0 radical (unpaired) electrons. The van der Waals surface area contributed by atoms with Crippen LogP contribution in [0.3, 0.4) is 0 Å². The summed E-state index contributed by atoms with van der Waals surface area (Å²) in [5.74, 6) is 0.647. The van der Waals surface area contributed by atoms with Crippen molar-refractivity contribution in [2.45, 2.75) is 195 Å². The van der Waals surface area contributed by atoms with Crippen LogP contribution in [0.5, 0.6) is 0 Å². The Labute approximate surface area is 439 Å². The third-order valence-electron chi connectivity index (χ3n) is 16.6. The van der Waals surface area contributed by atoms with Crippen molar-refractivity contribution in [1.82, 2.24) is 0 Å². The molecular weight excluding hydrogens is 888 g/mol. The second kappa shape index (κ2) is 17.3. The van der Waals surface area contributed by atoms with Gasteiger partial charge in [-0.3, -0.25) is 0 Å². The fourth-order valence-electron chi connectivity index (χ4n) is 11.8. The van der Waals surface area contributed by atoms with Gasteiger partial charge in [-0.1, -0.05) is 205 Å². The van der Waals surface area contributed by atoms with Gasteiger partial charge in [-0.15, -0.1) is 11.3 Å². The molecule has 0 saturated heterocycles. The van der Waals surface area contributed by atoms with E-state index in [1.165, 1.54) is 142 Å². The molecule has 0 amide bonds. The molecule has 3 heterocycles. The molecule has 374 valence electrons. The zero-order chi connectivity index (χ0) is 51.8. The summed E-state index contributed by atoms with van der Waals surface area (Å²) in [5, 5.41) is 1.34. The SMILES string of the molecule is CC(C)(C)c1cc(-c2cc(C(C)(C)C)ccc2N2c3ccc(C(C)(C)C)cc3B3c4sc5cc(C(C)(C)C)ccc5c4N(c4ccc(C5CCCCC5)cc4)c4cc(C(C)(C)C)cc2c43)cc(C(C)(C)C)c1. The van der Waals surface area contributed by atoms with Gasteiger partial charge >= 0.3 is 0 Å². The van der Waals surface area contributed by atoms with E-state index >= 15 is 0 Å². The van der Waals surface area contributed by atoms with E-state index in [0.717, 1.165) is 0 Å². The van der Waals surface area contributed by atoms with E-state index in [4.69, 9.17) is 0 Å². The van der Waals surface area contributed by atoms with Gasteiger partial charge in [0.25, 0.3) is 6.71 Å². The Balaban J connectivity index is 1.34. The molecule has 4 heteroatoms. The van der Waals surface area contributed by atoms with Gasteiger partial charge in [0.05, 0.1) is 11.4 Å². The second-order valence-corrected chi connectivity index (χ2v) is 29.4. The molecule has 1 aromatic heterocycles. The fraction of sp³-hybridized carbons (Fsp3) is 0.441. The summed E-state index contributed by atoms with van der Waals surface area (Å²) in [5.41, 5.74) is 22.5. The van der Waals surface area contributed by atoms with E-state index in [2.05, 4.69) is 244 Å². The van der Waals surface area contributed by atoms with Gasteiger partial charge in [0, 0.05) is 43.2 Å². The standard InChI is InChI=1S/C68H83BN2S/c1-63(2,3)45-27-32-55(53(37-45)44-34-48(66(10,11)12)36-49(35-44)67(13,14)15)71-56-33-28-46(64(4,5)6)38-54(56)69-60-57(39-50(40-58(60)71)68(16,17)18)70(51-29-24-43(25-30-51)42-22-20-19-21-23-42)61-52-31-26-47(65(7,8)9)41-59(52)72-62(61)69/h24-42H,19-23H2,1-18H3. The molecule has 7 aromatic rings. The van der Waals surface area contributed by atoms with E-state index in [-0.39, 0.29) is 39.2 Å². The molecule has 0 unspecified atom stereocenters. The average molecular weight is 971 g/mol. The number of thiophene rings is 1. The van der Waals surface area contributed by atoms with E-state index < -0.39 is 0 Å². The summed E-state index contributed by atoms with van der Waals surface area (Å²) in [4.78, 5) is 5.40. The highest BCUT2D eigenvalue weighted by atomic mass is 32.1. The summed E-state index contributed by atoms with van der Waals surface area (Å²) in [6.45, 7) is 42.7. The summed E-state index contributed by atoms with van der Waals surface area (Å²) in [7, 11) is 0. The molecular formula is C68H83BN2S. The lowest BCUT2D eigenvalue weighted by Gasteiger charge is -2.45. The van der Waals surface area contributed by atoms with Crippen molar-refractivity contribution < 1.29 is 0 Å². The lowest BCUT2D eigenvalue weighted by Crippen LogP contribution is -2.60. The predicted molar refractivity (Wildman–Crippen MR) is 319 cm³/mol. The molecule has 1 saturated carbocycles. The Bertz CT molecular complexity index is 3190. The smallest absolute Gasteiger partial charge is 0.264 e. The molecule has 6 aromatic carbocycles. The molecule has 1 aliphatic carbocycles. The van der Waals surface area contributed by atoms with Crippen LogP contribution in [0.1, 0.15) is 202 Å². The van der Waals surface area contributed by atoms with Crippen LogP contribution in [0.4, 0.5) is 34.1 Å². The zero-order valence-electron chi connectivity index (χ0n) is 47.4. The number of fused-ring (bicyclic) bond motifs is 6. The maximum atomic E-state index is 2.70. The summed E-state index contributed by atoms with van der Waals surface area (Å²) >= 11 is 2.03. The van der Waals surface area contributed by atoms with Crippen LogP contribution in [-0.2, 0) is 32.5 Å². The van der Waals surface area contributed by atoms with Crippen LogP contribution in [0.25, 0.3) is 21.2 Å². The number of benzene rings is 6. The third kappa shape index (κ3) is 8.98. The van der Waals surface area contributed by atoms with Crippen LogP contribution in [0.15, 0.2) is 109 Å². The molecule has 0 spiro atoms. The second-order valence-electron chi connectivity index (χ2n) is 28.3. The number of hydrogen-bond donors (Lipinski definition) is 0. The topological polar surface area (TPSA) is 6.48 Å². The molecule has 1 fully saturated rings. The molecule has 2 nitrogen and oxygen atoms in total. The van der Waals surface area contributed by atoms with Crippen LogP contribution in [0, 0.1) is 0 Å². The van der Waals surface area contributed by atoms with Gasteiger partial charge in [0.1, 0.15) is 0 Å². The van der Waals surface area contributed by atoms with Crippen LogP contribution in [-0.4, -0.2) is 6.71 Å². The summed E-state index contributed by atoms with van der Waals surface area (Å²) < 4.78 is 2.80. The van der Waals surface area contributed by atoms with Crippen LogP contribution < -0.4 is 25.5 Å². The zero-order valence-corrected chi connectivity index (χ0v) is 48.2. The van der Waals surface area contributed by atoms with Crippen molar-refractivity contribution in [3.63, 3.8) is 0 Å². The molecule has 10 rings (SSSR count). The number of rotatable bonds is 4. The monoisotopic (exact) mass is 971 g/mol. The maximum absolute atomic E-state index is 2.70. The Morgan fingerprint density at radius 2 is 0.917 bits per heavy atom. The quantitative estimate of drug-likeness (QED) is 0.162. The van der Waals surface area contributed by atoms with Crippen molar-refractivity contribution >= 4 is 78.0 Å². The van der Waals surface area contributed by atoms with Gasteiger partial charge in [-0.25, -0.2) is 0 Å². The molecule has 0 N–H and O–H groups in total. The highest BCUT2D eigenvalue weighted by Gasteiger charge is 2.47. The highest BCUT2D eigenvalue weighted by molar-refractivity contribution is 7.33. The van der Waals surface area contributed by atoms with E-state index in [9.17, 15) is 0 Å². The van der Waals surface area contributed by atoms with Crippen molar-refractivity contribution in [1.29, 1.82) is 0 Å². The normalized spacial score (nSPS) is 15.8. The Morgan fingerprint density at radius 3 is 1.47 bits per heavy atom. The van der Waals surface area contributed by atoms with Crippen molar-refractivity contribution in [2.75, 3.05) is 9.80 Å². The van der Waals surface area contributed by atoms with Gasteiger partial charge < -0.3 is 9.80 Å². The molecule has 2 aliphatic heterocycles. The van der Waals surface area contributed by atoms with Gasteiger partial charge in [0.15, 0.2) is 0 Å². The minimum absolute atomic E-state index is 0.0279. The van der Waals surface area contributed by atoms with Crippen molar-refractivity contribution in [3.8, 4) is 11.1 Å². The minimum atomic E-state index is -0.125. The van der Waals surface area contributed by atoms with Crippen molar-refractivity contribution in [2.24, 2.45) is 0 Å². The van der Waals surface area contributed by atoms with Crippen LogP contribution >= 0.6 is 11.3 Å². The van der Waals surface area contributed by atoms with Gasteiger partial charge in [-0.2, -0.15) is 0 Å². The molecule has 3 aliphatic rings. The minimum Gasteiger partial charge on any atom is -0.311 e. The fourth-order valence-corrected chi connectivity index (χ4v) is 13.1. The largest absolute Gasteiger partial charge is 0.311 e. The number of nitrogens with zero attached hydrogens (tertiary/aromatic N) is 2. The Kier molecular flexibility index (Phi) is 12.1. The van der Waals surface area contributed by atoms with Gasteiger partial charge in [-0.05, 0) is 155 Å². The Hall–Kier alpha value is -5.06. The predicted octanol–water partition coefficient (Wildman–Crippen LogP) is 18.5. The lowest BCUT2D eigenvalue weighted by atomic mass is 9.36. The molecule has 0 atom stereocenters.